The number of alkyl halides is 2. The van der Waals surface area contributed by atoms with Crippen LogP contribution in [0.4, 0.5) is 8.78 Å². The zero-order chi connectivity index (χ0) is 10.8. The van der Waals surface area contributed by atoms with Crippen LogP contribution in [0.25, 0.3) is 0 Å². The Morgan fingerprint density at radius 2 is 2.00 bits per heavy atom. The molecular formula is C7H5ClF2O2S2. The van der Waals surface area contributed by atoms with E-state index in [-0.39, 0.29) is 21.6 Å². The van der Waals surface area contributed by atoms with Gasteiger partial charge >= 0.3 is 0 Å². The summed E-state index contributed by atoms with van der Waals surface area (Å²) in [5.74, 6) is -2.58. The van der Waals surface area contributed by atoms with Gasteiger partial charge in [0.05, 0.1) is 4.90 Å². The van der Waals surface area contributed by atoms with Crippen LogP contribution in [0.3, 0.4) is 0 Å². The molecule has 2 nitrogen and oxygen atoms in total. The van der Waals surface area contributed by atoms with Gasteiger partial charge in [-0.1, -0.05) is 17.8 Å². The standard InChI is InChI=1S/C7H5ClF2O2S2/c8-14(11,12)6-3-1-2-5(4-6)13-7(9)10/h1-4,7H. The summed E-state index contributed by atoms with van der Waals surface area (Å²) in [5, 5.41) is 0. The van der Waals surface area contributed by atoms with Gasteiger partial charge in [-0.05, 0) is 18.2 Å². The number of hydrogen-bond acceptors (Lipinski definition) is 3. The van der Waals surface area contributed by atoms with Crippen LogP contribution in [0.15, 0.2) is 34.1 Å². The summed E-state index contributed by atoms with van der Waals surface area (Å²) in [4.78, 5) is -0.00783. The zero-order valence-corrected chi connectivity index (χ0v) is 9.04. The van der Waals surface area contributed by atoms with Gasteiger partial charge in [-0.15, -0.1) is 0 Å². The first kappa shape index (κ1) is 11.7. The fourth-order valence-corrected chi connectivity index (χ4v) is 2.23. The average Bonchev–Trinajstić information content (AvgIpc) is 2.01. The minimum atomic E-state index is -3.85. The van der Waals surface area contributed by atoms with Gasteiger partial charge in [-0.2, -0.15) is 8.78 Å². The van der Waals surface area contributed by atoms with E-state index in [4.69, 9.17) is 10.7 Å². The molecule has 7 heteroatoms. The summed E-state index contributed by atoms with van der Waals surface area (Å²) in [6, 6.07) is 5.11. The van der Waals surface area contributed by atoms with E-state index in [9.17, 15) is 17.2 Å². The normalized spacial score (nSPS) is 12.0. The molecule has 1 aromatic carbocycles. The van der Waals surface area contributed by atoms with Crippen LogP contribution in [0.2, 0.25) is 0 Å². The Kier molecular flexibility index (Phi) is 3.74. The van der Waals surface area contributed by atoms with E-state index in [1.807, 2.05) is 0 Å². The highest BCUT2D eigenvalue weighted by molar-refractivity contribution is 8.13. The van der Waals surface area contributed by atoms with Crippen molar-refractivity contribution in [1.82, 2.24) is 0 Å². The third-order valence-electron chi connectivity index (χ3n) is 1.31. The van der Waals surface area contributed by atoms with E-state index in [1.54, 1.807) is 0 Å². The van der Waals surface area contributed by atoms with E-state index in [0.717, 1.165) is 6.07 Å². The zero-order valence-electron chi connectivity index (χ0n) is 6.65. The van der Waals surface area contributed by atoms with Crippen molar-refractivity contribution in [2.75, 3.05) is 0 Å². The molecule has 0 bridgehead atoms. The van der Waals surface area contributed by atoms with Crippen LogP contribution in [0, 0.1) is 0 Å². The first-order valence-electron chi connectivity index (χ1n) is 3.39. The lowest BCUT2D eigenvalue weighted by molar-refractivity contribution is 0.252. The number of rotatable bonds is 3. The van der Waals surface area contributed by atoms with Crippen molar-refractivity contribution in [1.29, 1.82) is 0 Å². The van der Waals surface area contributed by atoms with Crippen LogP contribution >= 0.6 is 22.4 Å². The molecule has 0 aliphatic carbocycles. The highest BCUT2D eigenvalue weighted by atomic mass is 35.7. The van der Waals surface area contributed by atoms with E-state index < -0.39 is 14.8 Å². The molecule has 0 saturated heterocycles. The first-order valence-corrected chi connectivity index (χ1v) is 6.58. The molecule has 78 valence electrons. The largest absolute Gasteiger partial charge is 0.288 e. The van der Waals surface area contributed by atoms with Gasteiger partial charge in [0, 0.05) is 15.6 Å². The van der Waals surface area contributed by atoms with Crippen molar-refractivity contribution in [3.8, 4) is 0 Å². The van der Waals surface area contributed by atoms with Gasteiger partial charge in [-0.3, -0.25) is 0 Å². The van der Waals surface area contributed by atoms with Crippen molar-refractivity contribution >= 4 is 31.5 Å². The molecule has 0 N–H and O–H groups in total. The summed E-state index contributed by atoms with van der Waals surface area (Å²) in [6.07, 6.45) is 0. The summed E-state index contributed by atoms with van der Waals surface area (Å²) >= 11 is 0.272. The predicted molar refractivity (Wildman–Crippen MR) is 51.3 cm³/mol. The Hall–Kier alpha value is -0.330. The Balaban J connectivity index is 3.02. The minimum absolute atomic E-state index is 0.168. The first-order chi connectivity index (χ1) is 6.39. The Labute approximate surface area is 88.7 Å². The van der Waals surface area contributed by atoms with Gasteiger partial charge in [0.15, 0.2) is 0 Å². The fourth-order valence-electron chi connectivity index (χ4n) is 0.802. The second kappa shape index (κ2) is 4.46. The van der Waals surface area contributed by atoms with E-state index in [1.165, 1.54) is 18.2 Å². The van der Waals surface area contributed by atoms with Crippen molar-refractivity contribution in [3.63, 3.8) is 0 Å². The van der Waals surface area contributed by atoms with Crippen LogP contribution < -0.4 is 0 Å². The van der Waals surface area contributed by atoms with Crippen LogP contribution in [-0.2, 0) is 9.05 Å². The molecule has 0 amide bonds. The van der Waals surface area contributed by atoms with Crippen molar-refractivity contribution in [2.24, 2.45) is 0 Å². The fraction of sp³-hybridized carbons (Fsp3) is 0.143. The van der Waals surface area contributed by atoms with Gasteiger partial charge in [0.1, 0.15) is 0 Å². The predicted octanol–water partition coefficient (Wildman–Crippen LogP) is 2.93. The molecule has 0 fully saturated rings. The topological polar surface area (TPSA) is 34.1 Å². The lowest BCUT2D eigenvalue weighted by Gasteiger charge is -2.01. The maximum atomic E-state index is 11.9. The summed E-state index contributed by atoms with van der Waals surface area (Å²) in [5.41, 5.74) is 0. The van der Waals surface area contributed by atoms with Crippen molar-refractivity contribution < 1.29 is 17.2 Å². The highest BCUT2D eigenvalue weighted by Crippen LogP contribution is 2.27. The molecule has 1 rings (SSSR count). The van der Waals surface area contributed by atoms with Gasteiger partial charge < -0.3 is 0 Å². The molecule has 0 atom stereocenters. The molecular weight excluding hydrogens is 254 g/mol. The number of thioether (sulfide) groups is 1. The molecule has 0 aliphatic rings. The van der Waals surface area contributed by atoms with E-state index >= 15 is 0 Å². The molecule has 14 heavy (non-hydrogen) atoms. The van der Waals surface area contributed by atoms with Crippen molar-refractivity contribution in [2.45, 2.75) is 15.5 Å². The number of halogens is 3. The molecule has 1 aromatic rings. The van der Waals surface area contributed by atoms with Crippen LogP contribution in [0.5, 0.6) is 0 Å². The molecule has 0 heterocycles. The van der Waals surface area contributed by atoms with E-state index in [2.05, 4.69) is 0 Å². The van der Waals surface area contributed by atoms with Crippen LogP contribution in [-0.4, -0.2) is 14.2 Å². The van der Waals surface area contributed by atoms with Crippen molar-refractivity contribution in [3.05, 3.63) is 24.3 Å². The molecule has 0 aliphatic heterocycles. The summed E-state index contributed by atoms with van der Waals surface area (Å²) in [7, 11) is 1.20. The van der Waals surface area contributed by atoms with Crippen LogP contribution in [0.1, 0.15) is 0 Å². The second-order valence-electron chi connectivity index (χ2n) is 2.29. The minimum Gasteiger partial charge on any atom is -0.207 e. The van der Waals surface area contributed by atoms with Gasteiger partial charge in [0.25, 0.3) is 14.8 Å². The van der Waals surface area contributed by atoms with Gasteiger partial charge in [0.2, 0.25) is 0 Å². The smallest absolute Gasteiger partial charge is 0.207 e. The maximum Gasteiger partial charge on any atom is 0.288 e. The van der Waals surface area contributed by atoms with E-state index in [0.29, 0.717) is 0 Å². The van der Waals surface area contributed by atoms with Gasteiger partial charge in [-0.25, -0.2) is 8.42 Å². The lowest BCUT2D eigenvalue weighted by Crippen LogP contribution is -1.91. The molecule has 0 saturated carbocycles. The lowest BCUT2D eigenvalue weighted by atomic mass is 10.4. The Morgan fingerprint density at radius 3 is 2.50 bits per heavy atom. The SMILES string of the molecule is O=S(=O)(Cl)c1cccc(SC(F)F)c1. The molecule has 0 spiro atoms. The summed E-state index contributed by atoms with van der Waals surface area (Å²) in [6.45, 7) is 0. The third-order valence-corrected chi connectivity index (χ3v) is 3.37. The Bertz CT molecular complexity index is 419. The number of hydrogen-bond donors (Lipinski definition) is 0. The summed E-state index contributed by atoms with van der Waals surface area (Å²) < 4.78 is 45.5. The quantitative estimate of drug-likeness (QED) is 0.618. The second-order valence-corrected chi connectivity index (χ2v) is 5.92. The Morgan fingerprint density at radius 1 is 1.36 bits per heavy atom. The monoisotopic (exact) mass is 258 g/mol. The maximum absolute atomic E-state index is 11.9. The average molecular weight is 259 g/mol. The molecule has 0 unspecified atom stereocenters. The molecule has 0 aromatic heterocycles. The third kappa shape index (κ3) is 3.43. The highest BCUT2D eigenvalue weighted by Gasteiger charge is 2.12. The number of benzene rings is 1. The molecule has 0 radical (unpaired) electrons.